The van der Waals surface area contributed by atoms with Gasteiger partial charge < -0.3 is 10.3 Å². The third-order valence-corrected chi connectivity index (χ3v) is 5.46. The molecule has 1 fully saturated rings. The Bertz CT molecular complexity index is 1220. The lowest BCUT2D eigenvalue weighted by Crippen LogP contribution is -2.33. The Balaban J connectivity index is 1.30. The lowest BCUT2D eigenvalue weighted by Gasteiger charge is -2.29. The van der Waals surface area contributed by atoms with Gasteiger partial charge in [-0.15, -0.1) is 13.2 Å². The first-order valence-electron chi connectivity index (χ1n) is 10.0. The molecule has 0 aliphatic heterocycles. The molecule has 1 aliphatic rings. The molecule has 0 spiro atoms. The number of fused-ring (bicyclic) bond motifs is 2. The van der Waals surface area contributed by atoms with Crippen molar-refractivity contribution in [1.29, 1.82) is 0 Å². The summed E-state index contributed by atoms with van der Waals surface area (Å²) in [5.41, 5.74) is 3.97. The molecule has 2 N–H and O–H groups in total. The largest absolute Gasteiger partial charge is 0.522 e. The highest BCUT2D eigenvalue weighted by Crippen LogP contribution is 2.30. The number of H-pyrrole nitrogens is 1. The molecule has 8 nitrogen and oxygen atoms in total. The van der Waals surface area contributed by atoms with Gasteiger partial charge in [-0.05, 0) is 44.7 Å². The van der Waals surface area contributed by atoms with Crippen LogP contribution in [0.2, 0.25) is 0 Å². The van der Waals surface area contributed by atoms with Crippen molar-refractivity contribution in [3.8, 4) is 11.3 Å². The van der Waals surface area contributed by atoms with Crippen molar-refractivity contribution >= 4 is 22.6 Å². The molecule has 31 heavy (non-hydrogen) atoms. The molecule has 0 radical (unpaired) electrons. The first-order chi connectivity index (χ1) is 14.8. The normalized spacial score (nSPS) is 19.9. The number of rotatable bonds is 4. The van der Waals surface area contributed by atoms with Gasteiger partial charge in [-0.3, -0.25) is 4.74 Å². The summed E-state index contributed by atoms with van der Waals surface area (Å²) in [5, 5.41) is 8.66. The molecule has 5 rings (SSSR count). The van der Waals surface area contributed by atoms with Gasteiger partial charge in [0.05, 0.1) is 23.7 Å². The van der Waals surface area contributed by atoms with Crippen molar-refractivity contribution in [1.82, 2.24) is 29.5 Å². The Morgan fingerprint density at radius 2 is 1.97 bits per heavy atom. The van der Waals surface area contributed by atoms with E-state index in [1.807, 2.05) is 31.5 Å². The minimum Gasteiger partial charge on any atom is -0.351 e. The first kappa shape index (κ1) is 19.7. The quantitative estimate of drug-likeness (QED) is 0.502. The maximum absolute atomic E-state index is 12.4. The molecule has 4 aromatic heterocycles. The third kappa shape index (κ3) is 4.18. The molecular formula is C20H20F3N7O. The van der Waals surface area contributed by atoms with Crippen molar-refractivity contribution in [2.45, 2.75) is 51.1 Å². The molecule has 4 heterocycles. The number of aryl methyl sites for hydroxylation is 1. The van der Waals surface area contributed by atoms with Crippen LogP contribution in [0.4, 0.5) is 19.1 Å². The zero-order valence-corrected chi connectivity index (χ0v) is 16.6. The van der Waals surface area contributed by atoms with E-state index in [1.54, 1.807) is 10.7 Å². The van der Waals surface area contributed by atoms with Crippen molar-refractivity contribution in [3.63, 3.8) is 0 Å². The zero-order chi connectivity index (χ0) is 21.6. The molecule has 11 heteroatoms. The van der Waals surface area contributed by atoms with E-state index in [9.17, 15) is 13.2 Å². The molecule has 4 aromatic rings. The number of hydrogen-bond acceptors (Lipinski definition) is 6. The van der Waals surface area contributed by atoms with Crippen LogP contribution in [0.15, 0.2) is 30.7 Å². The summed E-state index contributed by atoms with van der Waals surface area (Å²) < 4.78 is 43.0. The number of aromatic nitrogens is 6. The highest BCUT2D eigenvalue weighted by Gasteiger charge is 2.35. The number of nitrogens with zero attached hydrogens (tertiary/aromatic N) is 5. The summed E-state index contributed by atoms with van der Waals surface area (Å²) in [6.07, 6.45) is 1.86. The van der Waals surface area contributed by atoms with Crippen LogP contribution in [-0.2, 0) is 4.74 Å². The summed E-state index contributed by atoms with van der Waals surface area (Å²) in [5.74, 6) is 0.440. The van der Waals surface area contributed by atoms with E-state index < -0.39 is 12.5 Å². The number of aromatic amines is 1. The molecule has 0 saturated heterocycles. The monoisotopic (exact) mass is 431 g/mol. The number of hydrogen-bond donors (Lipinski definition) is 2. The van der Waals surface area contributed by atoms with Crippen LogP contribution in [0.5, 0.6) is 0 Å². The van der Waals surface area contributed by atoms with Crippen LogP contribution in [-0.4, -0.2) is 48.1 Å². The predicted octanol–water partition coefficient (Wildman–Crippen LogP) is 4.24. The molecule has 1 saturated carbocycles. The van der Waals surface area contributed by atoms with Crippen molar-refractivity contribution < 1.29 is 17.9 Å². The standard InChI is InChI=1S/C20H20F3N7O/c1-11-10-30-17(26-11)7-6-16(29-30)14-8-24-18-15(14)9-25-19(28-18)27-12-2-4-13(5-3-12)31-20(21,22)23/h6-10,12-13H,2-5H2,1H3,(H2,24,25,27,28)/t12-,13+. The Morgan fingerprint density at radius 3 is 2.74 bits per heavy atom. The average molecular weight is 431 g/mol. The van der Waals surface area contributed by atoms with Crippen molar-refractivity contribution in [2.24, 2.45) is 0 Å². The topological polar surface area (TPSA) is 93.0 Å². The minimum atomic E-state index is -4.58. The van der Waals surface area contributed by atoms with Crippen LogP contribution in [0, 0.1) is 6.92 Å². The highest BCUT2D eigenvalue weighted by atomic mass is 19.4. The Hall–Kier alpha value is -3.21. The fourth-order valence-electron chi connectivity index (χ4n) is 4.03. The second-order valence-electron chi connectivity index (χ2n) is 7.74. The lowest BCUT2D eigenvalue weighted by atomic mass is 9.93. The van der Waals surface area contributed by atoms with Crippen molar-refractivity contribution in [3.05, 3.63) is 36.4 Å². The van der Waals surface area contributed by atoms with Gasteiger partial charge in [-0.25, -0.2) is 14.5 Å². The number of anilines is 1. The van der Waals surface area contributed by atoms with Gasteiger partial charge in [0.1, 0.15) is 5.65 Å². The van der Waals surface area contributed by atoms with E-state index in [2.05, 4.69) is 35.1 Å². The fraction of sp³-hybridized carbons (Fsp3) is 0.400. The van der Waals surface area contributed by atoms with Gasteiger partial charge in [0, 0.05) is 29.4 Å². The first-order valence-corrected chi connectivity index (χ1v) is 10.0. The summed E-state index contributed by atoms with van der Waals surface area (Å²) in [4.78, 5) is 16.5. The molecule has 162 valence electrons. The third-order valence-electron chi connectivity index (χ3n) is 5.46. The molecule has 0 atom stereocenters. The highest BCUT2D eigenvalue weighted by molar-refractivity contribution is 5.92. The summed E-state index contributed by atoms with van der Waals surface area (Å²) in [6.45, 7) is 1.91. The fourth-order valence-corrected chi connectivity index (χ4v) is 4.03. The van der Waals surface area contributed by atoms with E-state index in [4.69, 9.17) is 0 Å². The van der Waals surface area contributed by atoms with Crippen LogP contribution < -0.4 is 5.32 Å². The van der Waals surface area contributed by atoms with Gasteiger partial charge in [0.15, 0.2) is 5.65 Å². The van der Waals surface area contributed by atoms with E-state index in [-0.39, 0.29) is 6.04 Å². The van der Waals surface area contributed by atoms with Crippen LogP contribution in [0.25, 0.3) is 27.9 Å². The molecule has 0 aromatic carbocycles. The van der Waals surface area contributed by atoms with Crippen LogP contribution in [0.1, 0.15) is 31.4 Å². The Labute approximate surface area is 174 Å². The molecule has 0 amide bonds. The SMILES string of the molecule is Cc1cn2nc(-c3c[nH]c4nc(N[C@H]5CC[C@@H](OC(F)(F)F)CC5)ncc34)ccc2n1. The predicted molar refractivity (Wildman–Crippen MR) is 107 cm³/mol. The Morgan fingerprint density at radius 1 is 1.16 bits per heavy atom. The maximum Gasteiger partial charge on any atom is 0.522 e. The van der Waals surface area contributed by atoms with Gasteiger partial charge in [-0.2, -0.15) is 10.1 Å². The molecule has 0 bridgehead atoms. The smallest absolute Gasteiger partial charge is 0.351 e. The van der Waals surface area contributed by atoms with E-state index in [0.717, 1.165) is 28.0 Å². The van der Waals surface area contributed by atoms with Crippen LogP contribution in [0.3, 0.4) is 0 Å². The number of alkyl halides is 3. The maximum atomic E-state index is 12.4. The summed E-state index contributed by atoms with van der Waals surface area (Å²) in [6, 6.07) is 3.82. The average Bonchev–Trinajstić information content (AvgIpc) is 3.29. The van der Waals surface area contributed by atoms with Gasteiger partial charge in [-0.1, -0.05) is 0 Å². The van der Waals surface area contributed by atoms with Crippen LogP contribution >= 0.6 is 0 Å². The minimum absolute atomic E-state index is 0.00789. The number of imidazole rings is 1. The second-order valence-corrected chi connectivity index (χ2v) is 7.74. The van der Waals surface area contributed by atoms with Gasteiger partial charge in [0.2, 0.25) is 5.95 Å². The van der Waals surface area contributed by atoms with E-state index in [1.165, 1.54) is 0 Å². The van der Waals surface area contributed by atoms with Gasteiger partial charge in [0.25, 0.3) is 0 Å². The summed E-state index contributed by atoms with van der Waals surface area (Å²) >= 11 is 0. The van der Waals surface area contributed by atoms with Gasteiger partial charge >= 0.3 is 6.36 Å². The Kier molecular flexibility index (Phi) is 4.77. The molecular weight excluding hydrogens is 411 g/mol. The molecule has 1 aliphatic carbocycles. The summed E-state index contributed by atoms with van der Waals surface area (Å²) in [7, 11) is 0. The van der Waals surface area contributed by atoms with E-state index >= 15 is 0 Å². The lowest BCUT2D eigenvalue weighted by molar-refractivity contribution is -0.345. The number of halogens is 3. The number of ether oxygens (including phenoxy) is 1. The number of nitrogens with one attached hydrogen (secondary N) is 2. The van der Waals surface area contributed by atoms with Crippen molar-refractivity contribution in [2.75, 3.05) is 5.32 Å². The second kappa shape index (κ2) is 7.49. The molecule has 0 unspecified atom stereocenters. The zero-order valence-electron chi connectivity index (χ0n) is 16.6. The van der Waals surface area contributed by atoms with E-state index in [0.29, 0.717) is 37.3 Å².